The Balaban J connectivity index is 3.68. The Bertz CT molecular complexity index is 434. The van der Waals surface area contributed by atoms with E-state index in [0.29, 0.717) is 19.2 Å². The van der Waals surface area contributed by atoms with E-state index < -0.39 is 4.92 Å². The van der Waals surface area contributed by atoms with Crippen LogP contribution >= 0.6 is 47.8 Å². The van der Waals surface area contributed by atoms with Crippen LogP contribution in [0, 0.1) is 17.0 Å². The Kier molecular flexibility index (Phi) is 4.13. The number of methoxy groups -OCH3 is 1. The third-order valence-corrected chi connectivity index (χ3v) is 4.52. The minimum absolute atomic E-state index is 0.0347. The van der Waals surface area contributed by atoms with Crippen molar-refractivity contribution in [2.75, 3.05) is 7.11 Å². The van der Waals surface area contributed by atoms with Gasteiger partial charge in [0.25, 0.3) is 0 Å². The Hall–Kier alpha value is -0.140. The first-order chi connectivity index (χ1) is 6.91. The van der Waals surface area contributed by atoms with Gasteiger partial charge in [-0.25, -0.2) is 0 Å². The molecule has 1 aromatic carbocycles. The third-order valence-electron chi connectivity index (χ3n) is 1.86. The van der Waals surface area contributed by atoms with Gasteiger partial charge in [-0.3, -0.25) is 10.1 Å². The highest BCUT2D eigenvalue weighted by Crippen LogP contribution is 2.47. The van der Waals surface area contributed by atoms with Crippen LogP contribution in [-0.4, -0.2) is 12.0 Å². The number of rotatable bonds is 2. The summed E-state index contributed by atoms with van der Waals surface area (Å²) in [5, 5.41) is 10.8. The summed E-state index contributed by atoms with van der Waals surface area (Å²) in [5.41, 5.74) is 0.689. The van der Waals surface area contributed by atoms with Crippen LogP contribution < -0.4 is 4.74 Å². The molecule has 0 saturated carbocycles. The zero-order valence-electron chi connectivity index (χ0n) is 7.81. The van der Waals surface area contributed by atoms with Crippen LogP contribution in [0.1, 0.15) is 5.56 Å². The van der Waals surface area contributed by atoms with Crippen LogP contribution in [0.3, 0.4) is 0 Å². The van der Waals surface area contributed by atoms with Crippen LogP contribution in [0.4, 0.5) is 5.69 Å². The molecule has 0 aliphatic carbocycles. The lowest BCUT2D eigenvalue weighted by Crippen LogP contribution is -1.97. The molecule has 0 aliphatic rings. The molecule has 0 spiro atoms. The number of hydrogen-bond acceptors (Lipinski definition) is 3. The van der Waals surface area contributed by atoms with Crippen molar-refractivity contribution in [1.29, 1.82) is 0 Å². The van der Waals surface area contributed by atoms with Crippen LogP contribution in [0.25, 0.3) is 0 Å². The van der Waals surface area contributed by atoms with E-state index in [1.165, 1.54) is 7.11 Å². The lowest BCUT2D eigenvalue weighted by atomic mass is 10.2. The molecule has 0 N–H and O–H groups in total. The minimum Gasteiger partial charge on any atom is -0.494 e. The molecule has 15 heavy (non-hydrogen) atoms. The molecule has 0 aliphatic heterocycles. The van der Waals surface area contributed by atoms with Gasteiger partial charge in [0, 0.05) is 0 Å². The molecule has 0 atom stereocenters. The maximum Gasteiger partial charge on any atom is 0.301 e. The highest BCUT2D eigenvalue weighted by atomic mass is 79.9. The number of nitrogens with zero attached hydrogens (tertiary/aromatic N) is 1. The zero-order valence-corrected chi connectivity index (χ0v) is 12.6. The van der Waals surface area contributed by atoms with Crippen molar-refractivity contribution in [2.24, 2.45) is 0 Å². The van der Waals surface area contributed by atoms with E-state index in [0.717, 1.165) is 5.56 Å². The Morgan fingerprint density at radius 1 is 1.20 bits per heavy atom. The van der Waals surface area contributed by atoms with Gasteiger partial charge in [-0.1, -0.05) is 0 Å². The van der Waals surface area contributed by atoms with E-state index in [2.05, 4.69) is 47.8 Å². The van der Waals surface area contributed by atoms with Gasteiger partial charge in [-0.05, 0) is 60.3 Å². The summed E-state index contributed by atoms with van der Waals surface area (Å²) in [7, 11) is 1.46. The molecule has 0 radical (unpaired) electrons. The van der Waals surface area contributed by atoms with E-state index >= 15 is 0 Å². The molecule has 1 aromatic rings. The zero-order chi connectivity index (χ0) is 11.7. The Labute approximate surface area is 112 Å². The molecule has 0 fully saturated rings. The van der Waals surface area contributed by atoms with Crippen LogP contribution in [0.15, 0.2) is 13.4 Å². The summed E-state index contributed by atoms with van der Waals surface area (Å²) in [6.07, 6.45) is 0. The van der Waals surface area contributed by atoms with Gasteiger partial charge >= 0.3 is 5.69 Å². The normalized spacial score (nSPS) is 10.2. The minimum atomic E-state index is -0.462. The average molecular weight is 404 g/mol. The van der Waals surface area contributed by atoms with Crippen molar-refractivity contribution in [2.45, 2.75) is 6.92 Å². The van der Waals surface area contributed by atoms with Gasteiger partial charge in [-0.15, -0.1) is 0 Å². The second-order valence-electron chi connectivity index (χ2n) is 2.71. The summed E-state index contributed by atoms with van der Waals surface area (Å²) in [4.78, 5) is 10.4. The number of nitro groups is 1. The van der Waals surface area contributed by atoms with E-state index in [1.807, 2.05) is 0 Å². The molecule has 1 rings (SSSR count). The van der Waals surface area contributed by atoms with E-state index in [9.17, 15) is 10.1 Å². The van der Waals surface area contributed by atoms with Gasteiger partial charge in [0.2, 0.25) is 0 Å². The van der Waals surface area contributed by atoms with Gasteiger partial charge in [-0.2, -0.15) is 0 Å². The predicted molar refractivity (Wildman–Crippen MR) is 67.5 cm³/mol. The SMILES string of the molecule is COc1c(Br)c(C)c(Br)c([N+](=O)[O-])c1Br. The molecule has 0 unspecified atom stereocenters. The molecular weight excluding hydrogens is 398 g/mol. The highest BCUT2D eigenvalue weighted by Gasteiger charge is 2.26. The second kappa shape index (κ2) is 4.80. The molecule has 4 nitrogen and oxygen atoms in total. The third kappa shape index (κ3) is 2.19. The number of ether oxygens (including phenoxy) is 1. The summed E-state index contributed by atoms with van der Waals surface area (Å²) >= 11 is 9.66. The van der Waals surface area contributed by atoms with E-state index in [-0.39, 0.29) is 5.69 Å². The molecule has 7 heteroatoms. The number of halogens is 3. The fraction of sp³-hybridized carbons (Fsp3) is 0.250. The van der Waals surface area contributed by atoms with Gasteiger partial charge < -0.3 is 4.74 Å². The first-order valence-electron chi connectivity index (χ1n) is 3.77. The van der Waals surface area contributed by atoms with Gasteiger partial charge in [0.1, 0.15) is 8.95 Å². The fourth-order valence-electron chi connectivity index (χ4n) is 1.08. The van der Waals surface area contributed by atoms with Crippen molar-refractivity contribution < 1.29 is 9.66 Å². The summed E-state index contributed by atoms with van der Waals surface area (Å²) < 4.78 is 6.53. The van der Waals surface area contributed by atoms with Crippen LogP contribution in [0.5, 0.6) is 5.75 Å². The van der Waals surface area contributed by atoms with Crippen LogP contribution in [-0.2, 0) is 0 Å². The number of nitro benzene ring substituents is 1. The molecule has 0 amide bonds. The second-order valence-corrected chi connectivity index (χ2v) is 5.08. The fourth-order valence-corrected chi connectivity index (χ4v) is 3.68. The smallest absolute Gasteiger partial charge is 0.301 e. The van der Waals surface area contributed by atoms with Gasteiger partial charge in [0.15, 0.2) is 5.75 Å². The lowest BCUT2D eigenvalue weighted by molar-refractivity contribution is -0.386. The topological polar surface area (TPSA) is 52.4 Å². The summed E-state index contributed by atoms with van der Waals surface area (Å²) in [6.45, 7) is 1.76. The number of benzene rings is 1. The molecule has 0 bridgehead atoms. The standard InChI is InChI=1S/C8H6Br3NO3/c1-3-4(9)7(12(13)14)6(11)8(15-2)5(3)10/h1-2H3. The maximum atomic E-state index is 10.8. The number of hydrogen-bond donors (Lipinski definition) is 0. The summed E-state index contributed by atoms with van der Waals surface area (Å²) in [5.74, 6) is 0.419. The van der Waals surface area contributed by atoms with Crippen molar-refractivity contribution in [3.8, 4) is 5.75 Å². The van der Waals surface area contributed by atoms with Crippen molar-refractivity contribution >= 4 is 53.5 Å². The van der Waals surface area contributed by atoms with Crippen molar-refractivity contribution in [3.63, 3.8) is 0 Å². The first-order valence-corrected chi connectivity index (χ1v) is 6.15. The van der Waals surface area contributed by atoms with Crippen molar-refractivity contribution in [3.05, 3.63) is 29.1 Å². The molecule has 82 valence electrons. The molecule has 0 saturated heterocycles. The lowest BCUT2D eigenvalue weighted by Gasteiger charge is -2.11. The molecule has 0 heterocycles. The largest absolute Gasteiger partial charge is 0.494 e. The average Bonchev–Trinajstić information content (AvgIpc) is 2.15. The monoisotopic (exact) mass is 401 g/mol. The Morgan fingerprint density at radius 2 is 1.73 bits per heavy atom. The maximum absolute atomic E-state index is 10.8. The molecule has 0 aromatic heterocycles. The predicted octanol–water partition coefficient (Wildman–Crippen LogP) is 4.20. The van der Waals surface area contributed by atoms with E-state index in [1.54, 1.807) is 6.92 Å². The Morgan fingerprint density at radius 3 is 2.13 bits per heavy atom. The van der Waals surface area contributed by atoms with E-state index in [4.69, 9.17) is 4.74 Å². The highest BCUT2D eigenvalue weighted by molar-refractivity contribution is 9.11. The molecular formula is C8H6Br3NO3. The van der Waals surface area contributed by atoms with Gasteiger partial charge in [0.05, 0.1) is 16.5 Å². The summed E-state index contributed by atoms with van der Waals surface area (Å²) in [6, 6.07) is 0. The quantitative estimate of drug-likeness (QED) is 0.549. The van der Waals surface area contributed by atoms with Crippen LogP contribution in [0.2, 0.25) is 0 Å². The van der Waals surface area contributed by atoms with Crippen molar-refractivity contribution in [1.82, 2.24) is 0 Å². The first kappa shape index (κ1) is 12.9.